The van der Waals surface area contributed by atoms with Gasteiger partial charge in [-0.25, -0.2) is 4.39 Å². The highest BCUT2D eigenvalue weighted by Crippen LogP contribution is 2.43. The summed E-state index contributed by atoms with van der Waals surface area (Å²) in [5.41, 5.74) is -0.00544. The number of methoxy groups -OCH3 is 1. The number of hydrogen-bond acceptors (Lipinski definition) is 2. The highest BCUT2D eigenvalue weighted by atomic mass is 19.1. The van der Waals surface area contributed by atoms with E-state index in [-0.39, 0.29) is 17.7 Å². The molecule has 1 aliphatic rings. The number of benzene rings is 1. The van der Waals surface area contributed by atoms with Gasteiger partial charge in [0.05, 0.1) is 12.5 Å². The molecule has 0 aliphatic heterocycles. The summed E-state index contributed by atoms with van der Waals surface area (Å²) in [6.07, 6.45) is 4.27. The summed E-state index contributed by atoms with van der Waals surface area (Å²) in [5.74, 6) is -0.327. The molecular weight excluding hydrogens is 231 g/mol. The third-order valence-electron chi connectivity index (χ3n) is 4.21. The second-order valence-electron chi connectivity index (χ2n) is 5.19. The van der Waals surface area contributed by atoms with Crippen LogP contribution < -0.4 is 0 Å². The molecule has 0 N–H and O–H groups in total. The van der Waals surface area contributed by atoms with Gasteiger partial charge < -0.3 is 4.74 Å². The molecule has 0 saturated heterocycles. The Morgan fingerprint density at radius 1 is 1.39 bits per heavy atom. The monoisotopic (exact) mass is 250 g/mol. The van der Waals surface area contributed by atoms with Gasteiger partial charge in [0.25, 0.3) is 0 Å². The Labute approximate surface area is 107 Å². The molecule has 2 nitrogen and oxygen atoms in total. The van der Waals surface area contributed by atoms with Crippen LogP contribution in [0.5, 0.6) is 0 Å². The maximum absolute atomic E-state index is 13.4. The normalized spacial score (nSPS) is 19.5. The Balaban J connectivity index is 2.44. The van der Waals surface area contributed by atoms with Crippen LogP contribution in [0.3, 0.4) is 0 Å². The van der Waals surface area contributed by atoms with Gasteiger partial charge in [0.2, 0.25) is 0 Å². The average Bonchev–Trinajstić information content (AvgIpc) is 2.91. The molecule has 0 spiro atoms. The summed E-state index contributed by atoms with van der Waals surface area (Å²) < 4.78 is 18.4. The molecule has 3 heteroatoms. The molecule has 0 amide bonds. The molecule has 1 aromatic rings. The molecule has 0 heterocycles. The van der Waals surface area contributed by atoms with Crippen molar-refractivity contribution in [2.24, 2.45) is 5.92 Å². The predicted molar refractivity (Wildman–Crippen MR) is 67.7 cm³/mol. The summed E-state index contributed by atoms with van der Waals surface area (Å²) in [5, 5.41) is 0. The van der Waals surface area contributed by atoms with Gasteiger partial charge in [-0.15, -0.1) is 0 Å². The first-order chi connectivity index (χ1) is 8.59. The van der Waals surface area contributed by atoms with E-state index >= 15 is 0 Å². The standard InChI is InChI=1S/C15H19FO2/c1-15(14(17)18-2,11-6-3-4-7-11)12-8-5-9-13(16)10-12/h5,8-11H,3-4,6-7H2,1-2H3/t15-/m0/s1. The molecular formula is C15H19FO2. The van der Waals surface area contributed by atoms with Crippen LogP contribution >= 0.6 is 0 Å². The lowest BCUT2D eigenvalue weighted by Crippen LogP contribution is -2.40. The van der Waals surface area contributed by atoms with Crippen molar-refractivity contribution in [2.75, 3.05) is 7.11 Å². The zero-order valence-corrected chi connectivity index (χ0v) is 10.9. The van der Waals surface area contributed by atoms with Gasteiger partial charge in [0.1, 0.15) is 5.82 Å². The number of rotatable bonds is 3. The highest BCUT2D eigenvalue weighted by molar-refractivity contribution is 5.83. The lowest BCUT2D eigenvalue weighted by Gasteiger charge is -2.33. The number of hydrogen-bond donors (Lipinski definition) is 0. The Bertz CT molecular complexity index is 438. The molecule has 18 heavy (non-hydrogen) atoms. The Morgan fingerprint density at radius 3 is 2.61 bits per heavy atom. The van der Waals surface area contributed by atoms with Crippen LogP contribution in [-0.2, 0) is 14.9 Å². The second kappa shape index (κ2) is 5.09. The van der Waals surface area contributed by atoms with E-state index in [2.05, 4.69) is 0 Å². The fourth-order valence-electron chi connectivity index (χ4n) is 3.05. The first-order valence-electron chi connectivity index (χ1n) is 6.43. The topological polar surface area (TPSA) is 26.3 Å². The largest absolute Gasteiger partial charge is 0.468 e. The number of esters is 1. The molecule has 1 atom stereocenters. The molecule has 0 aromatic heterocycles. The summed E-state index contributed by atoms with van der Waals surface area (Å²) in [6, 6.07) is 6.32. The van der Waals surface area contributed by atoms with Crippen molar-refractivity contribution in [2.45, 2.75) is 38.0 Å². The lowest BCUT2D eigenvalue weighted by atomic mass is 9.71. The van der Waals surface area contributed by atoms with Gasteiger partial charge in [-0.05, 0) is 43.4 Å². The molecule has 0 unspecified atom stereocenters. The summed E-state index contributed by atoms with van der Waals surface area (Å²) >= 11 is 0. The molecule has 2 rings (SSSR count). The minimum Gasteiger partial charge on any atom is -0.468 e. The quantitative estimate of drug-likeness (QED) is 0.768. The van der Waals surface area contributed by atoms with Crippen LogP contribution in [0, 0.1) is 11.7 Å². The van der Waals surface area contributed by atoms with E-state index < -0.39 is 5.41 Å². The van der Waals surface area contributed by atoms with Crippen LogP contribution in [0.15, 0.2) is 24.3 Å². The van der Waals surface area contributed by atoms with Gasteiger partial charge in [-0.3, -0.25) is 4.79 Å². The third-order valence-corrected chi connectivity index (χ3v) is 4.21. The van der Waals surface area contributed by atoms with E-state index in [0.29, 0.717) is 0 Å². The molecule has 1 aromatic carbocycles. The molecule has 1 fully saturated rings. The van der Waals surface area contributed by atoms with E-state index in [9.17, 15) is 9.18 Å². The van der Waals surface area contributed by atoms with Crippen LogP contribution in [0.2, 0.25) is 0 Å². The molecule has 0 bridgehead atoms. The lowest BCUT2D eigenvalue weighted by molar-refractivity contribution is -0.149. The SMILES string of the molecule is COC(=O)[C@](C)(c1cccc(F)c1)C1CCCC1. The zero-order valence-electron chi connectivity index (χ0n) is 10.9. The summed E-state index contributed by atoms with van der Waals surface area (Å²) in [7, 11) is 1.40. The van der Waals surface area contributed by atoms with E-state index in [4.69, 9.17) is 4.74 Å². The van der Waals surface area contributed by atoms with E-state index in [0.717, 1.165) is 31.2 Å². The molecule has 0 radical (unpaired) electrons. The fraction of sp³-hybridized carbons (Fsp3) is 0.533. The minimum atomic E-state index is -0.729. The highest BCUT2D eigenvalue weighted by Gasteiger charge is 2.44. The third kappa shape index (κ3) is 2.14. The van der Waals surface area contributed by atoms with Gasteiger partial charge in [0, 0.05) is 0 Å². The van der Waals surface area contributed by atoms with Crippen molar-refractivity contribution < 1.29 is 13.9 Å². The van der Waals surface area contributed by atoms with E-state index in [1.807, 2.05) is 13.0 Å². The molecule has 1 saturated carbocycles. The maximum atomic E-state index is 13.4. The summed E-state index contributed by atoms with van der Waals surface area (Å²) in [4.78, 5) is 12.2. The number of carbonyl (C=O) groups excluding carboxylic acids is 1. The second-order valence-corrected chi connectivity index (χ2v) is 5.19. The van der Waals surface area contributed by atoms with Crippen LogP contribution in [0.4, 0.5) is 4.39 Å². The van der Waals surface area contributed by atoms with Crippen LogP contribution in [-0.4, -0.2) is 13.1 Å². The van der Waals surface area contributed by atoms with Gasteiger partial charge in [-0.1, -0.05) is 25.0 Å². The van der Waals surface area contributed by atoms with Crippen molar-refractivity contribution in [1.29, 1.82) is 0 Å². The van der Waals surface area contributed by atoms with Crippen LogP contribution in [0.25, 0.3) is 0 Å². The minimum absolute atomic E-state index is 0.242. The Morgan fingerprint density at radius 2 is 2.06 bits per heavy atom. The number of ether oxygens (including phenoxy) is 1. The van der Waals surface area contributed by atoms with Crippen molar-refractivity contribution in [3.63, 3.8) is 0 Å². The zero-order chi connectivity index (χ0) is 13.2. The molecule has 1 aliphatic carbocycles. The average molecular weight is 250 g/mol. The van der Waals surface area contributed by atoms with Crippen LogP contribution in [0.1, 0.15) is 38.2 Å². The molecule has 98 valence electrons. The predicted octanol–water partition coefficient (Wildman–Crippen LogP) is 3.45. The Kier molecular flexibility index (Phi) is 3.69. The van der Waals surface area contributed by atoms with Gasteiger partial charge in [0.15, 0.2) is 0 Å². The number of carbonyl (C=O) groups is 1. The van der Waals surface area contributed by atoms with Crippen molar-refractivity contribution in [1.82, 2.24) is 0 Å². The van der Waals surface area contributed by atoms with Crippen molar-refractivity contribution in [3.8, 4) is 0 Å². The summed E-state index contributed by atoms with van der Waals surface area (Å²) in [6.45, 7) is 1.88. The maximum Gasteiger partial charge on any atom is 0.316 e. The Hall–Kier alpha value is -1.38. The van der Waals surface area contributed by atoms with E-state index in [1.165, 1.54) is 19.2 Å². The van der Waals surface area contributed by atoms with Crippen molar-refractivity contribution >= 4 is 5.97 Å². The fourth-order valence-corrected chi connectivity index (χ4v) is 3.05. The van der Waals surface area contributed by atoms with Crippen molar-refractivity contribution in [3.05, 3.63) is 35.6 Å². The van der Waals surface area contributed by atoms with Gasteiger partial charge >= 0.3 is 5.97 Å². The van der Waals surface area contributed by atoms with E-state index in [1.54, 1.807) is 6.07 Å². The first-order valence-corrected chi connectivity index (χ1v) is 6.43. The number of halogens is 1. The van der Waals surface area contributed by atoms with Gasteiger partial charge in [-0.2, -0.15) is 0 Å². The first kappa shape index (κ1) is 13.1. The smallest absolute Gasteiger partial charge is 0.316 e.